The molecule has 3 aromatic rings. The fourth-order valence-electron chi connectivity index (χ4n) is 4.44. The van der Waals surface area contributed by atoms with Gasteiger partial charge in [-0.3, -0.25) is 4.79 Å². The van der Waals surface area contributed by atoms with Gasteiger partial charge in [0.15, 0.2) is 0 Å². The number of carbonyl (C=O) groups excluding carboxylic acids is 1. The van der Waals surface area contributed by atoms with Crippen molar-refractivity contribution in [2.75, 3.05) is 18.4 Å². The van der Waals surface area contributed by atoms with Crippen LogP contribution in [0.5, 0.6) is 0 Å². The number of carbonyl (C=O) groups is 1. The van der Waals surface area contributed by atoms with E-state index < -0.39 is 0 Å². The van der Waals surface area contributed by atoms with E-state index in [9.17, 15) is 9.18 Å². The van der Waals surface area contributed by atoms with Crippen molar-refractivity contribution in [2.45, 2.75) is 37.0 Å². The monoisotopic (exact) mass is 449 g/mol. The van der Waals surface area contributed by atoms with E-state index in [1.807, 2.05) is 23.1 Å². The minimum Gasteiger partial charge on any atom is -0.372 e. The van der Waals surface area contributed by atoms with E-state index in [1.165, 1.54) is 17.7 Å². The first-order valence-corrected chi connectivity index (χ1v) is 11.2. The Kier molecular flexibility index (Phi) is 5.85. The molecule has 0 atom stereocenters. The molecule has 0 radical (unpaired) electrons. The second-order valence-corrected chi connectivity index (χ2v) is 8.77. The number of nitrogens with zero attached hydrogens (tertiary/aromatic N) is 2. The highest BCUT2D eigenvalue weighted by molar-refractivity contribution is 7.80. The summed E-state index contributed by atoms with van der Waals surface area (Å²) in [5.41, 5.74) is 5.60. The highest BCUT2D eigenvalue weighted by atomic mass is 32.1. The van der Waals surface area contributed by atoms with Crippen molar-refractivity contribution in [3.63, 3.8) is 0 Å². The average Bonchev–Trinajstić information content (AvgIpc) is 3.27. The maximum absolute atomic E-state index is 13.3. The van der Waals surface area contributed by atoms with Gasteiger partial charge in [-0.2, -0.15) is 0 Å². The van der Waals surface area contributed by atoms with Gasteiger partial charge in [0.25, 0.3) is 5.91 Å². The molecule has 0 saturated carbocycles. The molecule has 5 rings (SSSR count). The Bertz CT molecular complexity index is 1140. The zero-order valence-corrected chi connectivity index (χ0v) is 18.4. The van der Waals surface area contributed by atoms with E-state index in [4.69, 9.17) is 4.74 Å². The summed E-state index contributed by atoms with van der Waals surface area (Å²) in [5.74, 6) is 0.0663. The van der Waals surface area contributed by atoms with Gasteiger partial charge in [-0.1, -0.05) is 18.2 Å². The molecular weight excluding hydrogens is 425 g/mol. The summed E-state index contributed by atoms with van der Waals surface area (Å²) < 4.78 is 18.7. The standard InChI is InChI=1S/C25H24FN3O2S/c26-20-4-1-16(2-5-20)17-7-9-29(10-8-17)25(30)22-13-27-24(32)12-23(22)28-21-6-3-18-14-31-15-19(18)11-21/h1-6,11-13,17H,7-10,14-15H2,(H2,27,28,32). The Hall–Kier alpha value is -2.90. The Morgan fingerprint density at radius 2 is 1.81 bits per heavy atom. The number of hydrogen-bond donors (Lipinski definition) is 2. The molecule has 0 unspecified atom stereocenters. The van der Waals surface area contributed by atoms with Crippen LogP contribution in [0.4, 0.5) is 15.8 Å². The number of likely N-dealkylation sites (tertiary alicyclic amines) is 1. The molecule has 0 aliphatic carbocycles. The Morgan fingerprint density at radius 1 is 1.06 bits per heavy atom. The van der Waals surface area contributed by atoms with Crippen LogP contribution in [0.1, 0.15) is 45.8 Å². The number of nitrogens with one attached hydrogen (secondary N) is 1. The van der Waals surface area contributed by atoms with Gasteiger partial charge in [0.2, 0.25) is 0 Å². The predicted molar refractivity (Wildman–Crippen MR) is 124 cm³/mol. The van der Waals surface area contributed by atoms with Gasteiger partial charge in [0, 0.05) is 25.0 Å². The van der Waals surface area contributed by atoms with Crippen LogP contribution < -0.4 is 5.32 Å². The second-order valence-electron chi connectivity index (χ2n) is 8.31. The van der Waals surface area contributed by atoms with Gasteiger partial charge in [-0.15, -0.1) is 12.6 Å². The first-order chi connectivity index (χ1) is 15.6. The summed E-state index contributed by atoms with van der Waals surface area (Å²) in [6, 6.07) is 14.6. The number of fused-ring (bicyclic) bond motifs is 1. The van der Waals surface area contributed by atoms with Crippen molar-refractivity contribution < 1.29 is 13.9 Å². The second kappa shape index (κ2) is 8.92. The first-order valence-electron chi connectivity index (χ1n) is 10.8. The third-order valence-corrected chi connectivity index (χ3v) is 6.49. The van der Waals surface area contributed by atoms with Crippen molar-refractivity contribution in [3.8, 4) is 0 Å². The van der Waals surface area contributed by atoms with Crippen LogP contribution in [0.25, 0.3) is 0 Å². The van der Waals surface area contributed by atoms with Crippen LogP contribution in [0.3, 0.4) is 0 Å². The third-order valence-electron chi connectivity index (χ3n) is 6.24. The summed E-state index contributed by atoms with van der Waals surface area (Å²) in [6.07, 6.45) is 3.29. The SMILES string of the molecule is O=C(c1cnc(S)cc1Nc1ccc2c(c1)COC2)N1CCC(c2ccc(F)cc2)CC1. The number of thiol groups is 1. The number of hydrogen-bond acceptors (Lipinski definition) is 5. The molecule has 1 saturated heterocycles. The summed E-state index contributed by atoms with van der Waals surface area (Å²) in [4.78, 5) is 19.5. The lowest BCUT2D eigenvalue weighted by atomic mass is 9.89. The number of anilines is 2. The van der Waals surface area contributed by atoms with Gasteiger partial charge in [0.05, 0.1) is 29.5 Å². The highest BCUT2D eigenvalue weighted by Crippen LogP contribution is 2.31. The van der Waals surface area contributed by atoms with Crippen molar-refractivity contribution in [1.82, 2.24) is 9.88 Å². The van der Waals surface area contributed by atoms with E-state index in [0.29, 0.717) is 48.5 Å². The fraction of sp³-hybridized carbons (Fsp3) is 0.280. The molecule has 32 heavy (non-hydrogen) atoms. The maximum atomic E-state index is 13.3. The molecule has 164 valence electrons. The zero-order valence-electron chi connectivity index (χ0n) is 17.6. The minimum atomic E-state index is -0.225. The maximum Gasteiger partial charge on any atom is 0.257 e. The predicted octanol–water partition coefficient (Wildman–Crippen LogP) is 5.30. The lowest BCUT2D eigenvalue weighted by Gasteiger charge is -2.32. The van der Waals surface area contributed by atoms with Crippen LogP contribution in [0.15, 0.2) is 59.8 Å². The lowest BCUT2D eigenvalue weighted by molar-refractivity contribution is 0.0713. The smallest absolute Gasteiger partial charge is 0.257 e. The molecule has 2 aromatic carbocycles. The molecule has 2 aliphatic rings. The van der Waals surface area contributed by atoms with E-state index in [-0.39, 0.29) is 11.7 Å². The number of rotatable bonds is 4. The molecule has 1 amide bonds. The van der Waals surface area contributed by atoms with Crippen molar-refractivity contribution in [3.05, 3.63) is 82.8 Å². The fourth-order valence-corrected chi connectivity index (χ4v) is 4.63. The quantitative estimate of drug-likeness (QED) is 0.531. The number of halogens is 1. The molecule has 2 aliphatic heterocycles. The highest BCUT2D eigenvalue weighted by Gasteiger charge is 2.26. The van der Waals surface area contributed by atoms with E-state index in [2.05, 4.69) is 35.1 Å². The summed E-state index contributed by atoms with van der Waals surface area (Å²) in [6.45, 7) is 2.55. The topological polar surface area (TPSA) is 54.5 Å². The lowest BCUT2D eigenvalue weighted by Crippen LogP contribution is -2.38. The minimum absolute atomic E-state index is 0.0459. The number of aromatic nitrogens is 1. The van der Waals surface area contributed by atoms with Crippen molar-refractivity contribution >= 4 is 29.9 Å². The molecular formula is C25H24FN3O2S. The Morgan fingerprint density at radius 3 is 2.59 bits per heavy atom. The zero-order chi connectivity index (χ0) is 22.1. The van der Waals surface area contributed by atoms with E-state index in [0.717, 1.165) is 29.7 Å². The normalized spacial score (nSPS) is 16.1. The van der Waals surface area contributed by atoms with Crippen LogP contribution in [0, 0.1) is 5.82 Å². The number of benzene rings is 2. The van der Waals surface area contributed by atoms with Crippen LogP contribution in [-0.2, 0) is 18.0 Å². The van der Waals surface area contributed by atoms with Crippen LogP contribution in [-0.4, -0.2) is 28.9 Å². The van der Waals surface area contributed by atoms with E-state index >= 15 is 0 Å². The molecule has 7 heteroatoms. The van der Waals surface area contributed by atoms with Gasteiger partial charge in [0.1, 0.15) is 5.82 Å². The molecule has 1 N–H and O–H groups in total. The molecule has 0 bridgehead atoms. The Labute approximate surface area is 192 Å². The van der Waals surface area contributed by atoms with Crippen molar-refractivity contribution in [2.24, 2.45) is 0 Å². The third kappa shape index (κ3) is 4.36. The molecule has 5 nitrogen and oxygen atoms in total. The molecule has 1 aromatic heterocycles. The summed E-state index contributed by atoms with van der Waals surface area (Å²) >= 11 is 4.37. The van der Waals surface area contributed by atoms with Gasteiger partial charge in [-0.05, 0) is 65.8 Å². The van der Waals surface area contributed by atoms with Gasteiger partial charge in [-0.25, -0.2) is 9.37 Å². The number of pyridine rings is 1. The van der Waals surface area contributed by atoms with Crippen LogP contribution >= 0.6 is 12.6 Å². The average molecular weight is 450 g/mol. The molecule has 1 fully saturated rings. The number of amides is 1. The number of ether oxygens (including phenoxy) is 1. The van der Waals surface area contributed by atoms with Gasteiger partial charge >= 0.3 is 0 Å². The van der Waals surface area contributed by atoms with Crippen molar-refractivity contribution in [1.29, 1.82) is 0 Å². The summed E-state index contributed by atoms with van der Waals surface area (Å²) in [7, 11) is 0. The van der Waals surface area contributed by atoms with E-state index in [1.54, 1.807) is 12.3 Å². The molecule has 3 heterocycles. The van der Waals surface area contributed by atoms with Crippen LogP contribution in [0.2, 0.25) is 0 Å². The van der Waals surface area contributed by atoms with Gasteiger partial charge < -0.3 is 15.0 Å². The Balaban J connectivity index is 1.31. The summed E-state index contributed by atoms with van der Waals surface area (Å²) in [5, 5.41) is 3.92. The first kappa shape index (κ1) is 21.0. The molecule has 0 spiro atoms. The number of piperidine rings is 1. The largest absolute Gasteiger partial charge is 0.372 e.